The van der Waals surface area contributed by atoms with Gasteiger partial charge in [0.05, 0.1) is 24.0 Å². The topological polar surface area (TPSA) is 43.4 Å². The van der Waals surface area contributed by atoms with Crippen molar-refractivity contribution in [2.24, 2.45) is 17.3 Å². The SMILES string of the molecule is CC12c3ccccc3[C@@]3(C)c4cc5c(cc4[C@@](C)(c4ccccc41)C23C)[C@H]1O[C@@H]5[C@H]2C(=O)C=CC(=O)[C@H]21. The van der Waals surface area contributed by atoms with Crippen molar-refractivity contribution in [1.29, 1.82) is 0 Å². The van der Waals surface area contributed by atoms with Crippen LogP contribution >= 0.6 is 0 Å². The fraction of sp³-hybridized carbons (Fsp3) is 0.353. The summed E-state index contributed by atoms with van der Waals surface area (Å²) < 4.78 is 6.47. The lowest BCUT2D eigenvalue weighted by Gasteiger charge is -2.49. The van der Waals surface area contributed by atoms with E-state index in [1.165, 1.54) is 45.5 Å². The molecule has 2 heterocycles. The summed E-state index contributed by atoms with van der Waals surface area (Å²) in [6, 6.07) is 22.8. The minimum absolute atomic E-state index is 0.0259. The second kappa shape index (κ2) is 5.73. The van der Waals surface area contributed by atoms with Gasteiger partial charge in [-0.15, -0.1) is 0 Å². The van der Waals surface area contributed by atoms with Crippen molar-refractivity contribution in [1.82, 2.24) is 0 Å². The van der Waals surface area contributed by atoms with Crippen LogP contribution in [0.2, 0.25) is 0 Å². The van der Waals surface area contributed by atoms with Crippen molar-refractivity contribution in [3.05, 3.63) is 117 Å². The molecule has 3 aromatic carbocycles. The Balaban J connectivity index is 1.40. The fourth-order valence-electron chi connectivity index (χ4n) is 10.5. The number of rotatable bonds is 0. The van der Waals surface area contributed by atoms with Gasteiger partial charge >= 0.3 is 0 Å². The van der Waals surface area contributed by atoms with E-state index in [0.717, 1.165) is 11.1 Å². The van der Waals surface area contributed by atoms with Gasteiger partial charge in [-0.1, -0.05) is 88.4 Å². The van der Waals surface area contributed by atoms with Crippen LogP contribution in [0.25, 0.3) is 0 Å². The quantitative estimate of drug-likeness (QED) is 0.392. The molecule has 0 spiro atoms. The van der Waals surface area contributed by atoms with Crippen LogP contribution in [-0.4, -0.2) is 11.6 Å². The molecule has 0 saturated carbocycles. The van der Waals surface area contributed by atoms with E-state index in [-0.39, 0.29) is 45.4 Å². The van der Waals surface area contributed by atoms with Crippen LogP contribution in [0.4, 0.5) is 0 Å². The van der Waals surface area contributed by atoms with Gasteiger partial charge in [-0.3, -0.25) is 9.59 Å². The van der Waals surface area contributed by atoms with E-state index in [0.29, 0.717) is 0 Å². The third kappa shape index (κ3) is 1.70. The number of carbonyl (C=O) groups excluding carboxylic acids is 2. The van der Waals surface area contributed by atoms with Gasteiger partial charge in [-0.25, -0.2) is 0 Å². The number of ketones is 2. The summed E-state index contributed by atoms with van der Waals surface area (Å²) in [4.78, 5) is 25.9. The van der Waals surface area contributed by atoms with Gasteiger partial charge < -0.3 is 4.74 Å². The van der Waals surface area contributed by atoms with Gasteiger partial charge in [0, 0.05) is 21.7 Å². The summed E-state index contributed by atoms with van der Waals surface area (Å²) in [5.41, 5.74) is 9.93. The van der Waals surface area contributed by atoms with Crippen LogP contribution in [-0.2, 0) is 30.6 Å². The van der Waals surface area contributed by atoms with Gasteiger partial charge in [-0.05, 0) is 56.7 Å². The lowest BCUT2D eigenvalue weighted by atomic mass is 9.52. The summed E-state index contributed by atoms with van der Waals surface area (Å²) in [6.07, 6.45) is 2.25. The maximum atomic E-state index is 12.9. The first-order valence-electron chi connectivity index (χ1n) is 13.5. The van der Waals surface area contributed by atoms with Gasteiger partial charge in [0.1, 0.15) is 0 Å². The molecule has 0 aromatic heterocycles. The third-order valence-corrected chi connectivity index (χ3v) is 12.3. The zero-order valence-corrected chi connectivity index (χ0v) is 21.5. The number of ether oxygens (including phenoxy) is 1. The summed E-state index contributed by atoms with van der Waals surface area (Å²) >= 11 is 0. The molecule has 3 nitrogen and oxygen atoms in total. The molecule has 1 fully saturated rings. The molecule has 1 saturated heterocycles. The predicted molar refractivity (Wildman–Crippen MR) is 139 cm³/mol. The van der Waals surface area contributed by atoms with Crippen LogP contribution < -0.4 is 0 Å². The molecule has 3 aromatic rings. The number of fused-ring (bicyclic) bond motifs is 17. The smallest absolute Gasteiger partial charge is 0.162 e. The van der Waals surface area contributed by atoms with Crippen LogP contribution in [0.3, 0.4) is 0 Å². The monoisotopic (exact) mass is 484 g/mol. The lowest BCUT2D eigenvalue weighted by Crippen LogP contribution is -2.51. The highest BCUT2D eigenvalue weighted by Crippen LogP contribution is 2.82. The molecule has 0 N–H and O–H groups in total. The molecule has 3 heteroatoms. The highest BCUT2D eigenvalue weighted by molar-refractivity contribution is 6.08. The van der Waals surface area contributed by atoms with Gasteiger partial charge in [0.25, 0.3) is 0 Å². The first kappa shape index (κ1) is 20.7. The third-order valence-electron chi connectivity index (χ3n) is 12.3. The molecule has 2 aliphatic heterocycles. The van der Waals surface area contributed by atoms with E-state index in [1.807, 2.05) is 0 Å². The molecular weight excluding hydrogens is 456 g/mol. The predicted octanol–water partition coefficient (Wildman–Crippen LogP) is 6.02. The molecule has 8 atom stereocenters. The minimum atomic E-state index is -0.394. The van der Waals surface area contributed by atoms with Crippen LogP contribution in [0, 0.1) is 17.3 Å². The first-order chi connectivity index (χ1) is 17.7. The summed E-state index contributed by atoms with van der Waals surface area (Å²) in [5, 5.41) is 0. The van der Waals surface area contributed by atoms with E-state index in [1.54, 1.807) is 0 Å². The van der Waals surface area contributed by atoms with E-state index in [9.17, 15) is 9.59 Å². The summed E-state index contributed by atoms with van der Waals surface area (Å²) in [5.74, 6) is -0.736. The molecule has 182 valence electrons. The Labute approximate surface area is 216 Å². The average molecular weight is 485 g/mol. The Bertz CT molecular complexity index is 1580. The van der Waals surface area contributed by atoms with E-state index in [2.05, 4.69) is 88.4 Å². The molecule has 2 bridgehead atoms. The van der Waals surface area contributed by atoms with Crippen molar-refractivity contribution in [2.45, 2.75) is 56.1 Å². The standard InChI is InChI=1S/C34H28O3/c1-31-19-9-5-7-11-21(19)32(2)23-15-17-18(30-28-26(36)14-13-25(35)27(28)29(17)37-30)16-24(23)33(3,34(31,32)4)22-12-8-6-10-20(22)31/h5-16,27-30H,1-4H3/t27-,28+,29-,30+,31?,32-,33+,34?. The Morgan fingerprint density at radius 3 is 1.30 bits per heavy atom. The van der Waals surface area contributed by atoms with Crippen molar-refractivity contribution in [3.8, 4) is 0 Å². The number of carbonyl (C=O) groups is 2. The Morgan fingerprint density at radius 2 is 0.919 bits per heavy atom. The van der Waals surface area contributed by atoms with Gasteiger partial charge in [-0.2, -0.15) is 0 Å². The maximum absolute atomic E-state index is 12.9. The highest BCUT2D eigenvalue weighted by atomic mass is 16.5. The second-order valence-corrected chi connectivity index (χ2v) is 12.8. The first-order valence-corrected chi connectivity index (χ1v) is 13.5. The normalized spacial score (nSPS) is 42.4. The Kier molecular flexibility index (Phi) is 3.21. The van der Waals surface area contributed by atoms with E-state index in [4.69, 9.17) is 4.74 Å². The summed E-state index contributed by atoms with van der Waals surface area (Å²) in [7, 11) is 0. The van der Waals surface area contributed by atoms with Crippen molar-refractivity contribution in [2.75, 3.05) is 0 Å². The molecule has 9 rings (SSSR count). The molecule has 37 heavy (non-hydrogen) atoms. The van der Waals surface area contributed by atoms with Crippen LogP contribution in [0.1, 0.15) is 84.4 Å². The zero-order chi connectivity index (χ0) is 25.3. The highest BCUT2D eigenvalue weighted by Gasteiger charge is 2.80. The van der Waals surface area contributed by atoms with Crippen LogP contribution in [0.15, 0.2) is 72.8 Å². The van der Waals surface area contributed by atoms with Crippen molar-refractivity contribution in [3.63, 3.8) is 0 Å². The number of allylic oxidation sites excluding steroid dienone is 2. The van der Waals surface area contributed by atoms with Crippen molar-refractivity contribution >= 4 is 11.6 Å². The Morgan fingerprint density at radius 1 is 0.568 bits per heavy atom. The molecular formula is C34H28O3. The molecule has 4 aliphatic carbocycles. The zero-order valence-electron chi connectivity index (χ0n) is 21.5. The van der Waals surface area contributed by atoms with E-state index >= 15 is 0 Å². The van der Waals surface area contributed by atoms with E-state index < -0.39 is 11.8 Å². The second-order valence-electron chi connectivity index (χ2n) is 12.8. The Hall–Kier alpha value is -3.30. The minimum Gasteiger partial charge on any atom is -0.364 e. The van der Waals surface area contributed by atoms with Gasteiger partial charge in [0.15, 0.2) is 11.6 Å². The molecule has 2 unspecified atom stereocenters. The number of hydrogen-bond donors (Lipinski definition) is 0. The molecule has 0 radical (unpaired) electrons. The number of hydrogen-bond acceptors (Lipinski definition) is 3. The van der Waals surface area contributed by atoms with Crippen LogP contribution in [0.5, 0.6) is 0 Å². The lowest BCUT2D eigenvalue weighted by molar-refractivity contribution is -0.128. The fourth-order valence-corrected chi connectivity index (χ4v) is 10.5. The molecule has 0 amide bonds. The van der Waals surface area contributed by atoms with Gasteiger partial charge in [0.2, 0.25) is 0 Å². The number of benzene rings is 3. The van der Waals surface area contributed by atoms with Crippen molar-refractivity contribution < 1.29 is 14.3 Å². The molecule has 6 aliphatic rings. The largest absolute Gasteiger partial charge is 0.364 e. The maximum Gasteiger partial charge on any atom is 0.162 e. The summed E-state index contributed by atoms with van der Waals surface area (Å²) in [6.45, 7) is 9.88. The average Bonchev–Trinajstić information content (AvgIpc) is 3.61.